The van der Waals surface area contributed by atoms with E-state index < -0.39 is 0 Å². The van der Waals surface area contributed by atoms with Gasteiger partial charge < -0.3 is 9.64 Å². The number of rotatable bonds is 4. The Kier molecular flexibility index (Phi) is 4.22. The zero-order valence-corrected chi connectivity index (χ0v) is 8.58. The Hall–Kier alpha value is -0.570. The lowest BCUT2D eigenvalue weighted by molar-refractivity contribution is -0.145. The average Bonchev–Trinajstić information content (AvgIpc) is 2.48. The van der Waals surface area contributed by atoms with Gasteiger partial charge in [-0.25, -0.2) is 0 Å². The maximum Gasteiger partial charge on any atom is 0.305 e. The first kappa shape index (κ1) is 10.5. The smallest absolute Gasteiger partial charge is 0.305 e. The van der Waals surface area contributed by atoms with Crippen molar-refractivity contribution in [1.82, 2.24) is 4.90 Å². The van der Waals surface area contributed by atoms with E-state index in [1.165, 1.54) is 6.42 Å². The molecular formula is C10H19NO2. The molecule has 0 aromatic rings. The van der Waals surface area contributed by atoms with E-state index in [1.807, 2.05) is 6.92 Å². The van der Waals surface area contributed by atoms with E-state index in [0.717, 1.165) is 19.4 Å². The highest BCUT2D eigenvalue weighted by Crippen LogP contribution is 2.14. The molecule has 0 bridgehead atoms. The number of esters is 1. The number of hydrogen-bond acceptors (Lipinski definition) is 3. The summed E-state index contributed by atoms with van der Waals surface area (Å²) in [6.45, 7) is 3.70. The summed E-state index contributed by atoms with van der Waals surface area (Å²) >= 11 is 0. The number of hydrogen-bond donors (Lipinski definition) is 0. The van der Waals surface area contributed by atoms with Crippen molar-refractivity contribution in [2.75, 3.05) is 20.2 Å². The van der Waals surface area contributed by atoms with Crippen LogP contribution < -0.4 is 0 Å². The summed E-state index contributed by atoms with van der Waals surface area (Å²) in [4.78, 5) is 13.3. The molecule has 1 saturated heterocycles. The minimum Gasteiger partial charge on any atom is -0.464 e. The second kappa shape index (κ2) is 5.22. The second-order valence-corrected chi connectivity index (χ2v) is 3.71. The normalized spacial score (nSPS) is 23.4. The maximum absolute atomic E-state index is 11.1. The molecule has 0 aliphatic carbocycles. The Bertz CT molecular complexity index is 170. The van der Waals surface area contributed by atoms with Gasteiger partial charge in [-0.05, 0) is 32.9 Å². The first-order valence-electron chi connectivity index (χ1n) is 5.10. The van der Waals surface area contributed by atoms with Gasteiger partial charge in [0.05, 0.1) is 0 Å². The highest BCUT2D eigenvalue weighted by Gasteiger charge is 2.21. The minimum atomic E-state index is -0.0530. The molecule has 0 amide bonds. The van der Waals surface area contributed by atoms with E-state index >= 15 is 0 Å². The Balaban J connectivity index is 2.14. The summed E-state index contributed by atoms with van der Waals surface area (Å²) < 4.78 is 5.16. The largest absolute Gasteiger partial charge is 0.464 e. The van der Waals surface area contributed by atoms with E-state index in [1.54, 1.807) is 0 Å². The second-order valence-electron chi connectivity index (χ2n) is 3.71. The molecule has 3 heteroatoms. The Morgan fingerprint density at radius 1 is 1.62 bits per heavy atom. The van der Waals surface area contributed by atoms with Gasteiger partial charge >= 0.3 is 5.97 Å². The summed E-state index contributed by atoms with van der Waals surface area (Å²) in [5.41, 5.74) is 0. The lowest BCUT2D eigenvalue weighted by atomic mass is 10.2. The van der Waals surface area contributed by atoms with Crippen LogP contribution in [0, 0.1) is 0 Å². The molecule has 1 heterocycles. The molecule has 0 aromatic carbocycles. The number of likely N-dealkylation sites (tertiary alicyclic amines) is 1. The third-order valence-corrected chi connectivity index (χ3v) is 2.56. The van der Waals surface area contributed by atoms with E-state index in [2.05, 4.69) is 11.9 Å². The highest BCUT2D eigenvalue weighted by atomic mass is 16.5. The number of carbonyl (C=O) groups is 1. The molecule has 1 fully saturated rings. The van der Waals surface area contributed by atoms with Crippen LogP contribution in [-0.2, 0) is 9.53 Å². The monoisotopic (exact) mass is 185 g/mol. The topological polar surface area (TPSA) is 29.5 Å². The van der Waals surface area contributed by atoms with Crippen molar-refractivity contribution in [3.8, 4) is 0 Å². The van der Waals surface area contributed by atoms with Crippen LogP contribution in [0.1, 0.15) is 32.6 Å². The summed E-state index contributed by atoms with van der Waals surface area (Å²) in [6.07, 6.45) is 3.82. The van der Waals surface area contributed by atoms with Crippen LogP contribution in [0.3, 0.4) is 0 Å². The lowest BCUT2D eigenvalue weighted by Gasteiger charge is -2.18. The number of likely N-dealkylation sites (N-methyl/N-ethyl adjacent to an activating group) is 1. The van der Waals surface area contributed by atoms with Gasteiger partial charge in [0.2, 0.25) is 0 Å². The SMILES string of the molecule is CCCC(=O)OCC1CCCN1C. The van der Waals surface area contributed by atoms with Crippen LogP contribution in [0.5, 0.6) is 0 Å². The predicted octanol–water partition coefficient (Wildman–Crippen LogP) is 1.42. The summed E-state index contributed by atoms with van der Waals surface area (Å²) in [5.74, 6) is -0.0530. The molecular weight excluding hydrogens is 166 g/mol. The Labute approximate surface area is 80.1 Å². The van der Waals surface area contributed by atoms with Gasteiger partial charge in [-0.3, -0.25) is 4.79 Å². The van der Waals surface area contributed by atoms with Gasteiger partial charge in [0.1, 0.15) is 6.61 Å². The van der Waals surface area contributed by atoms with E-state index in [9.17, 15) is 4.79 Å². The first-order chi connectivity index (χ1) is 6.24. The quantitative estimate of drug-likeness (QED) is 0.620. The van der Waals surface area contributed by atoms with Gasteiger partial charge in [-0.1, -0.05) is 6.92 Å². The van der Waals surface area contributed by atoms with Crippen molar-refractivity contribution >= 4 is 5.97 Å². The Morgan fingerprint density at radius 3 is 2.92 bits per heavy atom. The van der Waals surface area contributed by atoms with Gasteiger partial charge in [-0.2, -0.15) is 0 Å². The van der Waals surface area contributed by atoms with E-state index in [-0.39, 0.29) is 5.97 Å². The molecule has 1 aliphatic rings. The summed E-state index contributed by atoms with van der Waals surface area (Å²) in [7, 11) is 2.09. The van der Waals surface area contributed by atoms with Gasteiger partial charge in [0, 0.05) is 12.5 Å². The van der Waals surface area contributed by atoms with Crippen LogP contribution in [0.2, 0.25) is 0 Å². The van der Waals surface area contributed by atoms with Crippen LogP contribution >= 0.6 is 0 Å². The van der Waals surface area contributed by atoms with Crippen LogP contribution in [0.4, 0.5) is 0 Å². The predicted molar refractivity (Wildman–Crippen MR) is 51.5 cm³/mol. The number of nitrogens with zero attached hydrogens (tertiary/aromatic N) is 1. The highest BCUT2D eigenvalue weighted by molar-refractivity contribution is 5.69. The van der Waals surface area contributed by atoms with Crippen LogP contribution in [-0.4, -0.2) is 37.1 Å². The van der Waals surface area contributed by atoms with Crippen molar-refractivity contribution < 1.29 is 9.53 Å². The zero-order valence-electron chi connectivity index (χ0n) is 8.58. The first-order valence-corrected chi connectivity index (χ1v) is 5.10. The molecule has 0 aromatic heterocycles. The fourth-order valence-corrected chi connectivity index (χ4v) is 1.66. The molecule has 76 valence electrons. The van der Waals surface area contributed by atoms with E-state index in [0.29, 0.717) is 19.1 Å². The summed E-state index contributed by atoms with van der Waals surface area (Å²) in [5, 5.41) is 0. The molecule has 1 atom stereocenters. The standard InChI is InChI=1S/C10H19NO2/c1-3-5-10(12)13-8-9-6-4-7-11(9)2/h9H,3-8H2,1-2H3. The third kappa shape index (κ3) is 3.35. The lowest BCUT2D eigenvalue weighted by Crippen LogP contribution is -2.30. The van der Waals surface area contributed by atoms with Crippen molar-refractivity contribution in [3.05, 3.63) is 0 Å². The van der Waals surface area contributed by atoms with Crippen molar-refractivity contribution in [3.63, 3.8) is 0 Å². The molecule has 3 nitrogen and oxygen atoms in total. The molecule has 0 spiro atoms. The molecule has 1 rings (SSSR count). The maximum atomic E-state index is 11.1. The van der Waals surface area contributed by atoms with Gasteiger partial charge in [0.15, 0.2) is 0 Å². The molecule has 13 heavy (non-hydrogen) atoms. The van der Waals surface area contributed by atoms with Crippen molar-refractivity contribution in [2.45, 2.75) is 38.6 Å². The van der Waals surface area contributed by atoms with Gasteiger partial charge in [0.25, 0.3) is 0 Å². The fourth-order valence-electron chi connectivity index (χ4n) is 1.66. The average molecular weight is 185 g/mol. The van der Waals surface area contributed by atoms with Crippen LogP contribution in [0.15, 0.2) is 0 Å². The molecule has 0 saturated carbocycles. The molecule has 0 radical (unpaired) electrons. The van der Waals surface area contributed by atoms with Gasteiger partial charge in [-0.15, -0.1) is 0 Å². The fraction of sp³-hybridized carbons (Fsp3) is 0.900. The van der Waals surface area contributed by atoms with Crippen molar-refractivity contribution in [1.29, 1.82) is 0 Å². The van der Waals surface area contributed by atoms with E-state index in [4.69, 9.17) is 4.74 Å². The molecule has 0 N–H and O–H groups in total. The third-order valence-electron chi connectivity index (χ3n) is 2.56. The summed E-state index contributed by atoms with van der Waals surface area (Å²) in [6, 6.07) is 0.459. The van der Waals surface area contributed by atoms with Crippen molar-refractivity contribution in [2.24, 2.45) is 0 Å². The molecule has 1 aliphatic heterocycles. The molecule has 1 unspecified atom stereocenters. The number of ether oxygens (including phenoxy) is 1. The zero-order chi connectivity index (χ0) is 9.68. The Morgan fingerprint density at radius 2 is 2.38 bits per heavy atom. The minimum absolute atomic E-state index is 0.0530. The number of carbonyl (C=O) groups excluding carboxylic acids is 1. The van der Waals surface area contributed by atoms with Crippen LogP contribution in [0.25, 0.3) is 0 Å².